The Morgan fingerprint density at radius 3 is 1.69 bits per heavy atom. The molecule has 2 heterocycles. The van der Waals surface area contributed by atoms with Gasteiger partial charge in [-0.3, -0.25) is 4.40 Å². The molecule has 0 atom stereocenters. The van der Waals surface area contributed by atoms with Gasteiger partial charge in [0.25, 0.3) is 0 Å². The minimum atomic E-state index is -0.599. The number of hydrogen-bond donors (Lipinski definition) is 0. The van der Waals surface area contributed by atoms with E-state index in [2.05, 4.69) is 83.8 Å². The minimum absolute atomic E-state index is 0.311. The van der Waals surface area contributed by atoms with Crippen LogP contribution in [0.5, 0.6) is 0 Å². The average Bonchev–Trinajstić information content (AvgIpc) is 3.05. The molecule has 42 heavy (non-hydrogen) atoms. The van der Waals surface area contributed by atoms with Crippen molar-refractivity contribution in [2.24, 2.45) is 0 Å². The van der Waals surface area contributed by atoms with E-state index < -0.39 is 11.4 Å². The average molecular weight is 542 g/mol. The smallest absolute Gasteiger partial charge is 0.252 e. The predicted octanol–water partition coefficient (Wildman–Crippen LogP) is 7.64. The molecule has 6 aromatic carbocycles. The predicted molar refractivity (Wildman–Crippen MR) is 170 cm³/mol. The Labute approximate surface area is 240 Å². The first-order valence-corrected chi connectivity index (χ1v) is 13.8. The Morgan fingerprint density at radius 2 is 1.00 bits per heavy atom. The van der Waals surface area contributed by atoms with Gasteiger partial charge in [-0.05, 0) is 91.0 Å². The highest BCUT2D eigenvalue weighted by Gasteiger charge is 2.12. The van der Waals surface area contributed by atoms with E-state index in [1.807, 2.05) is 24.3 Å². The molecule has 0 saturated carbocycles. The number of pyridine rings is 1. The Kier molecular flexibility index (Phi) is 5.37. The Bertz CT molecular complexity index is 2420. The molecular formula is C37H23N3O2. The first-order valence-electron chi connectivity index (χ1n) is 13.8. The molecule has 0 aliphatic carbocycles. The van der Waals surface area contributed by atoms with Crippen LogP contribution in [0, 0.1) is 0 Å². The van der Waals surface area contributed by atoms with Crippen LogP contribution in [0.2, 0.25) is 0 Å². The van der Waals surface area contributed by atoms with E-state index in [0.29, 0.717) is 11.3 Å². The van der Waals surface area contributed by atoms with Crippen LogP contribution < -0.4 is 11.4 Å². The third kappa shape index (κ3) is 3.75. The zero-order valence-electron chi connectivity index (χ0n) is 22.4. The van der Waals surface area contributed by atoms with Gasteiger partial charge in [0.15, 0.2) is 0 Å². The Balaban J connectivity index is 1.28. The molecule has 8 aromatic rings. The molecule has 5 heteroatoms. The van der Waals surface area contributed by atoms with Crippen molar-refractivity contribution in [3.05, 3.63) is 161 Å². The van der Waals surface area contributed by atoms with Gasteiger partial charge in [-0.25, -0.2) is 14.2 Å². The van der Waals surface area contributed by atoms with E-state index >= 15 is 0 Å². The third-order valence-electron chi connectivity index (χ3n) is 8.01. The van der Waals surface area contributed by atoms with Crippen molar-refractivity contribution in [1.82, 2.24) is 14.0 Å². The summed E-state index contributed by atoms with van der Waals surface area (Å²) in [7, 11) is 0. The fourth-order valence-corrected chi connectivity index (χ4v) is 6.01. The van der Waals surface area contributed by atoms with Gasteiger partial charge in [0.05, 0.1) is 5.69 Å². The van der Waals surface area contributed by atoms with Gasteiger partial charge in [0, 0.05) is 6.20 Å². The van der Waals surface area contributed by atoms with Gasteiger partial charge < -0.3 is 0 Å². The van der Waals surface area contributed by atoms with E-state index in [-0.39, 0.29) is 0 Å². The standard InChI is InChI=1S/C37H23N3O2/c41-36-38-35-20-18-27(23-39(35)37(42)40(36)28-11-2-1-3-12-28)25-10-8-9-24(21-25)26-17-19-33-31-15-5-4-13-29(31)30-14-6-7-16-32(30)34(33)22-26/h1-23H. The summed E-state index contributed by atoms with van der Waals surface area (Å²) in [6.07, 6.45) is 1.75. The van der Waals surface area contributed by atoms with E-state index in [1.54, 1.807) is 36.5 Å². The molecule has 0 N–H and O–H groups in total. The first-order chi connectivity index (χ1) is 20.7. The maximum Gasteiger partial charge on any atom is 0.358 e. The fraction of sp³-hybridized carbons (Fsp3) is 0. The van der Waals surface area contributed by atoms with Crippen LogP contribution in [0.4, 0.5) is 0 Å². The zero-order valence-corrected chi connectivity index (χ0v) is 22.4. The van der Waals surface area contributed by atoms with Crippen LogP contribution in [0.15, 0.2) is 149 Å². The lowest BCUT2D eigenvalue weighted by molar-refractivity contribution is 0.795. The number of para-hydroxylation sites is 1. The van der Waals surface area contributed by atoms with E-state index in [9.17, 15) is 9.59 Å². The normalized spacial score (nSPS) is 11.5. The molecule has 5 nitrogen and oxygen atoms in total. The first kappa shape index (κ1) is 24.0. The molecule has 8 rings (SSSR count). The number of aromatic nitrogens is 3. The van der Waals surface area contributed by atoms with Crippen molar-refractivity contribution in [3.8, 4) is 27.9 Å². The van der Waals surface area contributed by atoms with E-state index in [1.165, 1.54) is 36.7 Å². The molecule has 0 amide bonds. The topological polar surface area (TPSA) is 56.4 Å². The van der Waals surface area contributed by atoms with E-state index in [4.69, 9.17) is 0 Å². The quantitative estimate of drug-likeness (QED) is 0.216. The summed E-state index contributed by atoms with van der Waals surface area (Å²) >= 11 is 0. The summed E-state index contributed by atoms with van der Waals surface area (Å²) < 4.78 is 2.53. The van der Waals surface area contributed by atoms with Crippen molar-refractivity contribution in [2.75, 3.05) is 0 Å². The molecule has 0 bridgehead atoms. The number of benzene rings is 6. The molecule has 0 fully saturated rings. The summed E-state index contributed by atoms with van der Waals surface area (Å²) in [5.41, 5.74) is 3.74. The van der Waals surface area contributed by atoms with Crippen LogP contribution in [0.1, 0.15) is 0 Å². The minimum Gasteiger partial charge on any atom is -0.252 e. The highest BCUT2D eigenvalue weighted by molar-refractivity contribution is 6.25. The molecule has 0 saturated heterocycles. The second-order valence-electron chi connectivity index (χ2n) is 10.4. The molecule has 0 aliphatic heterocycles. The van der Waals surface area contributed by atoms with Crippen molar-refractivity contribution < 1.29 is 0 Å². The molecule has 0 unspecified atom stereocenters. The zero-order chi connectivity index (χ0) is 28.2. The molecule has 2 aromatic heterocycles. The molecule has 0 radical (unpaired) electrons. The van der Waals surface area contributed by atoms with Crippen LogP contribution in [0.3, 0.4) is 0 Å². The van der Waals surface area contributed by atoms with Gasteiger partial charge in [-0.2, -0.15) is 4.98 Å². The lowest BCUT2D eigenvalue weighted by atomic mass is 9.91. The monoisotopic (exact) mass is 541 g/mol. The SMILES string of the molecule is O=c1nc2ccc(-c3cccc(-c4ccc5c6ccccc6c6ccccc6c5c4)c3)cn2c(=O)n1-c1ccccc1. The molecular weight excluding hydrogens is 518 g/mol. The Morgan fingerprint density at radius 1 is 0.452 bits per heavy atom. The number of hydrogen-bond acceptors (Lipinski definition) is 3. The van der Waals surface area contributed by atoms with Crippen molar-refractivity contribution in [1.29, 1.82) is 0 Å². The molecule has 0 aliphatic rings. The summed E-state index contributed by atoms with van der Waals surface area (Å²) in [5.74, 6) is 0. The van der Waals surface area contributed by atoms with Gasteiger partial charge >= 0.3 is 11.4 Å². The summed E-state index contributed by atoms with van der Waals surface area (Å²) in [6.45, 7) is 0. The second kappa shape index (κ2) is 9.39. The fourth-order valence-electron chi connectivity index (χ4n) is 6.01. The molecule has 198 valence electrons. The highest BCUT2D eigenvalue weighted by atomic mass is 16.2. The van der Waals surface area contributed by atoms with Gasteiger partial charge in [-0.1, -0.05) is 97.1 Å². The third-order valence-corrected chi connectivity index (χ3v) is 8.01. The van der Waals surface area contributed by atoms with Crippen molar-refractivity contribution in [2.45, 2.75) is 0 Å². The van der Waals surface area contributed by atoms with Crippen LogP contribution in [-0.2, 0) is 0 Å². The Hall–Kier alpha value is -5.81. The maximum atomic E-state index is 13.4. The van der Waals surface area contributed by atoms with Crippen LogP contribution in [-0.4, -0.2) is 14.0 Å². The van der Waals surface area contributed by atoms with Crippen LogP contribution >= 0.6 is 0 Å². The van der Waals surface area contributed by atoms with Crippen molar-refractivity contribution in [3.63, 3.8) is 0 Å². The summed E-state index contributed by atoms with van der Waals surface area (Å²) in [6, 6.07) is 44.6. The largest absolute Gasteiger partial charge is 0.358 e. The molecule has 0 spiro atoms. The number of nitrogens with zero attached hydrogens (tertiary/aromatic N) is 3. The summed E-state index contributed by atoms with van der Waals surface area (Å²) in [4.78, 5) is 30.3. The van der Waals surface area contributed by atoms with Crippen LogP contribution in [0.25, 0.3) is 65.9 Å². The lowest BCUT2D eigenvalue weighted by Gasteiger charge is -2.13. The highest BCUT2D eigenvalue weighted by Crippen LogP contribution is 2.37. The van der Waals surface area contributed by atoms with Gasteiger partial charge in [-0.15, -0.1) is 0 Å². The number of fused-ring (bicyclic) bond motifs is 7. The van der Waals surface area contributed by atoms with E-state index in [0.717, 1.165) is 26.8 Å². The van der Waals surface area contributed by atoms with Crippen molar-refractivity contribution >= 4 is 38.0 Å². The lowest BCUT2D eigenvalue weighted by Crippen LogP contribution is -2.38. The number of rotatable bonds is 3. The van der Waals surface area contributed by atoms with Gasteiger partial charge in [0.2, 0.25) is 0 Å². The summed E-state index contributed by atoms with van der Waals surface area (Å²) in [5, 5.41) is 7.43. The second-order valence-corrected chi connectivity index (χ2v) is 10.4. The maximum absolute atomic E-state index is 13.4. The van der Waals surface area contributed by atoms with Gasteiger partial charge in [0.1, 0.15) is 5.65 Å².